The van der Waals surface area contributed by atoms with Crippen molar-refractivity contribution in [3.63, 3.8) is 0 Å². The van der Waals surface area contributed by atoms with Gasteiger partial charge in [0.05, 0.1) is 0 Å². The molecule has 0 unspecified atom stereocenters. The Morgan fingerprint density at radius 3 is 2.10 bits per heavy atom. The topological polar surface area (TPSA) is 111 Å². The van der Waals surface area contributed by atoms with Crippen molar-refractivity contribution in [2.75, 3.05) is 40.3 Å². The Bertz CT molecular complexity index is 1290. The van der Waals surface area contributed by atoms with Crippen LogP contribution in [0.5, 0.6) is 5.75 Å². The number of carbonyl (C=O) groups is 2. The molecule has 0 saturated heterocycles. The standard InChI is InChI=1S/C29H39FN6O3/c1-18(2)36(19(3)4)14-12-32-28(38)25-23-16-21(15-20-7-9-22(30)10-8-20)17-33-24(23)27(37)26(34-25)29(39)31-11-13-35(5)6/h7-10,16-19,37H,11-15H2,1-6H3,(H,31,39)(H,32,38). The summed E-state index contributed by atoms with van der Waals surface area (Å²) in [5.41, 5.74) is 1.48. The zero-order chi connectivity index (χ0) is 28.7. The summed E-state index contributed by atoms with van der Waals surface area (Å²) in [6.07, 6.45) is 2.01. The number of likely N-dealkylation sites (N-methyl/N-ethyl adjacent to an activating group) is 1. The first-order valence-electron chi connectivity index (χ1n) is 13.2. The van der Waals surface area contributed by atoms with Crippen molar-refractivity contribution >= 4 is 22.7 Å². The molecule has 0 fully saturated rings. The number of carbonyl (C=O) groups excluding carboxylic acids is 2. The van der Waals surface area contributed by atoms with E-state index < -0.39 is 11.8 Å². The quantitative estimate of drug-likeness (QED) is 0.325. The van der Waals surface area contributed by atoms with Crippen LogP contribution < -0.4 is 10.6 Å². The van der Waals surface area contributed by atoms with Crippen LogP contribution in [-0.2, 0) is 6.42 Å². The highest BCUT2D eigenvalue weighted by Crippen LogP contribution is 2.29. The van der Waals surface area contributed by atoms with Crippen molar-refractivity contribution in [2.45, 2.75) is 46.2 Å². The molecule has 0 radical (unpaired) electrons. The number of aromatic hydroxyl groups is 1. The highest BCUT2D eigenvalue weighted by atomic mass is 19.1. The van der Waals surface area contributed by atoms with Gasteiger partial charge in [0.2, 0.25) is 0 Å². The predicted molar refractivity (Wildman–Crippen MR) is 151 cm³/mol. The molecule has 39 heavy (non-hydrogen) atoms. The number of pyridine rings is 2. The van der Waals surface area contributed by atoms with E-state index in [-0.39, 0.29) is 28.5 Å². The maximum atomic E-state index is 13.4. The van der Waals surface area contributed by atoms with Crippen molar-refractivity contribution < 1.29 is 19.1 Å². The number of nitrogens with one attached hydrogen (secondary N) is 2. The van der Waals surface area contributed by atoms with Gasteiger partial charge in [-0.15, -0.1) is 0 Å². The molecule has 3 N–H and O–H groups in total. The van der Waals surface area contributed by atoms with Crippen LogP contribution in [0.1, 0.15) is 59.8 Å². The molecule has 2 aromatic heterocycles. The van der Waals surface area contributed by atoms with Gasteiger partial charge in [-0.3, -0.25) is 19.5 Å². The van der Waals surface area contributed by atoms with Crippen LogP contribution in [0.25, 0.3) is 10.9 Å². The molecule has 0 bridgehead atoms. The molecule has 0 aliphatic carbocycles. The van der Waals surface area contributed by atoms with Gasteiger partial charge in [-0.05, 0) is 77.5 Å². The molecule has 3 rings (SSSR count). The lowest BCUT2D eigenvalue weighted by Crippen LogP contribution is -2.42. The summed E-state index contributed by atoms with van der Waals surface area (Å²) < 4.78 is 13.3. The number of amides is 2. The summed E-state index contributed by atoms with van der Waals surface area (Å²) in [5.74, 6) is -1.76. The largest absolute Gasteiger partial charge is 0.504 e. The zero-order valence-electron chi connectivity index (χ0n) is 23.6. The van der Waals surface area contributed by atoms with Crippen molar-refractivity contribution in [1.82, 2.24) is 30.4 Å². The van der Waals surface area contributed by atoms with Crippen LogP contribution in [0.15, 0.2) is 36.5 Å². The Kier molecular flexibility index (Phi) is 10.3. The van der Waals surface area contributed by atoms with Crippen LogP contribution in [0.4, 0.5) is 4.39 Å². The smallest absolute Gasteiger partial charge is 0.273 e. The molecule has 0 atom stereocenters. The number of nitrogens with zero attached hydrogens (tertiary/aromatic N) is 4. The van der Waals surface area contributed by atoms with Gasteiger partial charge in [0, 0.05) is 49.8 Å². The van der Waals surface area contributed by atoms with E-state index in [2.05, 4.69) is 53.2 Å². The fourth-order valence-electron chi connectivity index (χ4n) is 4.45. The first-order valence-corrected chi connectivity index (χ1v) is 13.2. The third-order valence-electron chi connectivity index (χ3n) is 6.45. The van der Waals surface area contributed by atoms with Gasteiger partial charge in [-0.2, -0.15) is 0 Å². The molecule has 0 aliphatic heterocycles. The molecule has 0 aliphatic rings. The first-order chi connectivity index (χ1) is 18.5. The summed E-state index contributed by atoms with van der Waals surface area (Å²) in [5, 5.41) is 16.9. The molecule has 210 valence electrons. The summed E-state index contributed by atoms with van der Waals surface area (Å²) in [6.45, 7) is 10.4. The molecule has 1 aromatic carbocycles. The van der Waals surface area contributed by atoms with Crippen molar-refractivity contribution in [1.29, 1.82) is 0 Å². The molecular weight excluding hydrogens is 499 g/mol. The lowest BCUT2D eigenvalue weighted by molar-refractivity contribution is 0.0934. The first kappa shape index (κ1) is 29.9. The molecule has 0 spiro atoms. The van der Waals surface area contributed by atoms with E-state index in [0.29, 0.717) is 50.1 Å². The van der Waals surface area contributed by atoms with Crippen LogP contribution in [0.2, 0.25) is 0 Å². The number of aromatic nitrogens is 2. The van der Waals surface area contributed by atoms with Gasteiger partial charge < -0.3 is 20.6 Å². The van der Waals surface area contributed by atoms with Crippen molar-refractivity contribution in [3.8, 4) is 5.75 Å². The summed E-state index contributed by atoms with van der Waals surface area (Å²) >= 11 is 0. The second kappa shape index (κ2) is 13.4. The van der Waals surface area contributed by atoms with E-state index in [1.54, 1.807) is 24.4 Å². The fourth-order valence-corrected chi connectivity index (χ4v) is 4.45. The minimum absolute atomic E-state index is 0.00894. The Morgan fingerprint density at radius 2 is 1.51 bits per heavy atom. The zero-order valence-corrected chi connectivity index (χ0v) is 23.6. The summed E-state index contributed by atoms with van der Waals surface area (Å²) in [4.78, 5) is 39.2. The van der Waals surface area contributed by atoms with Crippen molar-refractivity contribution in [2.24, 2.45) is 0 Å². The molecule has 2 amide bonds. The van der Waals surface area contributed by atoms with Gasteiger partial charge in [-0.25, -0.2) is 9.37 Å². The number of hydrogen-bond acceptors (Lipinski definition) is 7. The molecule has 9 nitrogen and oxygen atoms in total. The van der Waals surface area contributed by atoms with Crippen LogP contribution in [0.3, 0.4) is 0 Å². The van der Waals surface area contributed by atoms with E-state index in [9.17, 15) is 19.1 Å². The predicted octanol–water partition coefficient (Wildman–Crippen LogP) is 3.21. The minimum Gasteiger partial charge on any atom is -0.504 e. The Labute approximate surface area is 229 Å². The second-order valence-electron chi connectivity index (χ2n) is 10.4. The van der Waals surface area contributed by atoms with Gasteiger partial charge in [0.1, 0.15) is 17.0 Å². The third kappa shape index (κ3) is 7.93. The molecular formula is C29H39FN6O3. The summed E-state index contributed by atoms with van der Waals surface area (Å²) in [6, 6.07) is 8.48. The number of halogens is 1. The Hall–Kier alpha value is -3.63. The van der Waals surface area contributed by atoms with Crippen LogP contribution in [-0.4, -0.2) is 89.0 Å². The Balaban J connectivity index is 1.96. The van der Waals surface area contributed by atoms with Crippen LogP contribution >= 0.6 is 0 Å². The molecule has 3 aromatic rings. The van der Waals surface area contributed by atoms with Gasteiger partial charge >= 0.3 is 0 Å². The van der Waals surface area contributed by atoms with Gasteiger partial charge in [0.15, 0.2) is 11.4 Å². The lowest BCUT2D eigenvalue weighted by Gasteiger charge is -2.30. The van der Waals surface area contributed by atoms with E-state index in [1.807, 2.05) is 19.0 Å². The number of benzene rings is 1. The maximum Gasteiger partial charge on any atom is 0.273 e. The van der Waals surface area contributed by atoms with E-state index in [1.165, 1.54) is 12.1 Å². The van der Waals surface area contributed by atoms with Gasteiger partial charge in [0.25, 0.3) is 11.8 Å². The van der Waals surface area contributed by atoms with Crippen LogP contribution in [0, 0.1) is 5.82 Å². The third-order valence-corrected chi connectivity index (χ3v) is 6.45. The summed E-state index contributed by atoms with van der Waals surface area (Å²) in [7, 11) is 3.76. The second-order valence-corrected chi connectivity index (χ2v) is 10.4. The van der Waals surface area contributed by atoms with Crippen molar-refractivity contribution in [3.05, 3.63) is 64.9 Å². The molecule has 2 heterocycles. The SMILES string of the molecule is CC(C)N(CCNC(=O)c1nc(C(=O)NCCN(C)C)c(O)c2ncc(Cc3ccc(F)cc3)cc12)C(C)C. The number of hydrogen-bond donors (Lipinski definition) is 3. The number of fused-ring (bicyclic) bond motifs is 1. The fraction of sp³-hybridized carbons (Fsp3) is 0.448. The molecule has 10 heteroatoms. The lowest BCUT2D eigenvalue weighted by atomic mass is 10.0. The highest BCUT2D eigenvalue weighted by molar-refractivity contribution is 6.09. The number of rotatable bonds is 12. The Morgan fingerprint density at radius 1 is 0.923 bits per heavy atom. The highest BCUT2D eigenvalue weighted by Gasteiger charge is 2.24. The maximum absolute atomic E-state index is 13.4. The average molecular weight is 539 g/mol. The average Bonchev–Trinajstić information content (AvgIpc) is 2.87. The monoisotopic (exact) mass is 538 g/mol. The minimum atomic E-state index is -0.590. The van der Waals surface area contributed by atoms with E-state index >= 15 is 0 Å². The normalized spacial score (nSPS) is 11.7. The van der Waals surface area contributed by atoms with E-state index in [4.69, 9.17) is 0 Å². The van der Waals surface area contributed by atoms with Gasteiger partial charge in [-0.1, -0.05) is 12.1 Å². The van der Waals surface area contributed by atoms with E-state index in [0.717, 1.165) is 11.1 Å². The molecule has 0 saturated carbocycles.